The summed E-state index contributed by atoms with van der Waals surface area (Å²) < 4.78 is 26.5. The van der Waals surface area contributed by atoms with E-state index in [2.05, 4.69) is 20.6 Å². The van der Waals surface area contributed by atoms with Crippen LogP contribution in [0.3, 0.4) is 0 Å². The van der Waals surface area contributed by atoms with Crippen LogP contribution in [0, 0.1) is 11.6 Å². The number of halogens is 2. The number of nitrogens with zero attached hydrogens (tertiary/aromatic N) is 2. The van der Waals surface area contributed by atoms with Crippen molar-refractivity contribution in [1.82, 2.24) is 9.97 Å². The minimum absolute atomic E-state index is 0.0907. The third-order valence-electron chi connectivity index (χ3n) is 4.28. The molecule has 1 fully saturated rings. The summed E-state index contributed by atoms with van der Waals surface area (Å²) in [5.74, 6) is -1.60. The normalized spacial score (nSPS) is 15.4. The van der Waals surface area contributed by atoms with Gasteiger partial charge in [-0.05, 0) is 25.0 Å². The Morgan fingerprint density at radius 2 is 1.72 bits per heavy atom. The predicted molar refractivity (Wildman–Crippen MR) is 91.5 cm³/mol. The minimum Gasteiger partial charge on any atom is -0.351 e. The van der Waals surface area contributed by atoms with E-state index >= 15 is 0 Å². The first kappa shape index (κ1) is 17.3. The predicted octanol–water partition coefficient (Wildman–Crippen LogP) is 4.14. The SMILES string of the molecule is O=C(Nc1ccc(F)cc1F)c1cnc(NC2CCCCCC2)nc1. The Kier molecular flexibility index (Phi) is 5.53. The topological polar surface area (TPSA) is 66.9 Å². The number of carbonyl (C=O) groups is 1. The second kappa shape index (κ2) is 8.00. The quantitative estimate of drug-likeness (QED) is 0.817. The lowest BCUT2D eigenvalue weighted by atomic mass is 10.1. The summed E-state index contributed by atoms with van der Waals surface area (Å²) >= 11 is 0. The highest BCUT2D eigenvalue weighted by Gasteiger charge is 2.14. The van der Waals surface area contributed by atoms with Crippen LogP contribution >= 0.6 is 0 Å². The molecule has 132 valence electrons. The van der Waals surface area contributed by atoms with Gasteiger partial charge in [-0.25, -0.2) is 18.7 Å². The molecule has 1 amide bonds. The molecular formula is C18H20F2N4O. The van der Waals surface area contributed by atoms with E-state index in [9.17, 15) is 13.6 Å². The number of anilines is 2. The summed E-state index contributed by atoms with van der Waals surface area (Å²) in [6.45, 7) is 0. The Hall–Kier alpha value is -2.57. The number of hydrogen-bond acceptors (Lipinski definition) is 4. The fourth-order valence-corrected chi connectivity index (χ4v) is 2.91. The number of benzene rings is 1. The van der Waals surface area contributed by atoms with Crippen molar-refractivity contribution < 1.29 is 13.6 Å². The molecule has 1 aromatic heterocycles. The molecule has 0 atom stereocenters. The summed E-state index contributed by atoms with van der Waals surface area (Å²) in [5, 5.41) is 5.68. The van der Waals surface area contributed by atoms with Crippen LogP contribution in [0.15, 0.2) is 30.6 Å². The second-order valence-corrected chi connectivity index (χ2v) is 6.21. The number of rotatable bonds is 4. The smallest absolute Gasteiger partial charge is 0.258 e. The summed E-state index contributed by atoms with van der Waals surface area (Å²) in [4.78, 5) is 20.5. The molecule has 5 nitrogen and oxygen atoms in total. The van der Waals surface area contributed by atoms with Crippen molar-refractivity contribution in [3.63, 3.8) is 0 Å². The Balaban J connectivity index is 1.62. The van der Waals surface area contributed by atoms with Crippen molar-refractivity contribution in [3.05, 3.63) is 47.8 Å². The maximum atomic E-state index is 13.6. The Bertz CT molecular complexity index is 728. The number of hydrogen-bond donors (Lipinski definition) is 2. The third-order valence-corrected chi connectivity index (χ3v) is 4.28. The van der Waals surface area contributed by atoms with E-state index in [1.807, 2.05) is 0 Å². The molecule has 1 aliphatic rings. The molecule has 3 rings (SSSR count). The van der Waals surface area contributed by atoms with E-state index in [1.54, 1.807) is 0 Å². The third kappa shape index (κ3) is 4.71. The molecule has 7 heteroatoms. The molecule has 0 bridgehead atoms. The lowest BCUT2D eigenvalue weighted by Gasteiger charge is -2.15. The molecule has 25 heavy (non-hydrogen) atoms. The van der Waals surface area contributed by atoms with Gasteiger partial charge in [0.1, 0.15) is 11.6 Å². The number of amides is 1. The zero-order valence-corrected chi connectivity index (χ0v) is 13.8. The first-order chi connectivity index (χ1) is 12.1. The fourth-order valence-electron chi connectivity index (χ4n) is 2.91. The molecule has 2 aromatic rings. The van der Waals surface area contributed by atoms with Gasteiger partial charge in [-0.15, -0.1) is 0 Å². The molecule has 1 saturated carbocycles. The van der Waals surface area contributed by atoms with Crippen LogP contribution in [0.5, 0.6) is 0 Å². The van der Waals surface area contributed by atoms with Crippen LogP contribution in [0.25, 0.3) is 0 Å². The van der Waals surface area contributed by atoms with Gasteiger partial charge >= 0.3 is 0 Å². The van der Waals surface area contributed by atoms with Crippen LogP contribution in [-0.2, 0) is 0 Å². The van der Waals surface area contributed by atoms with Gasteiger partial charge in [0.25, 0.3) is 5.91 Å². The summed E-state index contributed by atoms with van der Waals surface area (Å²) in [6, 6.07) is 3.32. The minimum atomic E-state index is -0.832. The van der Waals surface area contributed by atoms with Gasteiger partial charge < -0.3 is 10.6 Å². The zero-order chi connectivity index (χ0) is 17.6. The van der Waals surface area contributed by atoms with Gasteiger partial charge in [-0.3, -0.25) is 4.79 Å². The van der Waals surface area contributed by atoms with E-state index in [-0.39, 0.29) is 11.3 Å². The highest BCUT2D eigenvalue weighted by atomic mass is 19.1. The second-order valence-electron chi connectivity index (χ2n) is 6.21. The molecule has 0 saturated heterocycles. The molecule has 2 N–H and O–H groups in total. The van der Waals surface area contributed by atoms with Gasteiger partial charge in [0.15, 0.2) is 0 Å². The fraction of sp³-hybridized carbons (Fsp3) is 0.389. The Labute approximate surface area is 144 Å². The Morgan fingerprint density at radius 3 is 2.36 bits per heavy atom. The summed E-state index contributed by atoms with van der Waals surface area (Å²) in [5.41, 5.74) is 0.113. The molecule has 1 aromatic carbocycles. The van der Waals surface area contributed by atoms with Crippen molar-refractivity contribution in [2.75, 3.05) is 10.6 Å². The highest BCUT2D eigenvalue weighted by Crippen LogP contribution is 2.20. The number of carbonyl (C=O) groups excluding carboxylic acids is 1. The van der Waals surface area contributed by atoms with Crippen molar-refractivity contribution in [1.29, 1.82) is 0 Å². The van der Waals surface area contributed by atoms with E-state index in [0.29, 0.717) is 18.1 Å². The van der Waals surface area contributed by atoms with E-state index < -0.39 is 17.5 Å². The highest BCUT2D eigenvalue weighted by molar-refractivity contribution is 6.03. The Morgan fingerprint density at radius 1 is 1.04 bits per heavy atom. The maximum Gasteiger partial charge on any atom is 0.258 e. The molecule has 0 radical (unpaired) electrons. The van der Waals surface area contributed by atoms with Crippen LogP contribution in [-0.4, -0.2) is 21.9 Å². The van der Waals surface area contributed by atoms with E-state index in [0.717, 1.165) is 18.9 Å². The first-order valence-corrected chi connectivity index (χ1v) is 8.47. The summed E-state index contributed by atoms with van der Waals surface area (Å²) in [6.07, 6.45) is 9.88. The lowest BCUT2D eigenvalue weighted by Crippen LogP contribution is -2.20. The van der Waals surface area contributed by atoms with Crippen molar-refractivity contribution in [3.8, 4) is 0 Å². The van der Waals surface area contributed by atoms with Crippen LogP contribution < -0.4 is 10.6 Å². The zero-order valence-electron chi connectivity index (χ0n) is 13.8. The molecule has 0 spiro atoms. The molecule has 0 aliphatic heterocycles. The van der Waals surface area contributed by atoms with Crippen molar-refractivity contribution >= 4 is 17.5 Å². The van der Waals surface area contributed by atoms with E-state index in [4.69, 9.17) is 0 Å². The van der Waals surface area contributed by atoms with Gasteiger partial charge in [0.2, 0.25) is 5.95 Å². The van der Waals surface area contributed by atoms with Crippen LogP contribution in [0.1, 0.15) is 48.9 Å². The molecule has 1 heterocycles. The number of aromatic nitrogens is 2. The van der Waals surface area contributed by atoms with Gasteiger partial charge in [-0.2, -0.15) is 0 Å². The molecular weight excluding hydrogens is 326 g/mol. The average Bonchev–Trinajstić information content (AvgIpc) is 2.87. The summed E-state index contributed by atoms with van der Waals surface area (Å²) in [7, 11) is 0. The monoisotopic (exact) mass is 346 g/mol. The van der Waals surface area contributed by atoms with Crippen LogP contribution in [0.4, 0.5) is 20.4 Å². The largest absolute Gasteiger partial charge is 0.351 e. The van der Waals surface area contributed by atoms with Gasteiger partial charge in [0.05, 0.1) is 11.3 Å². The lowest BCUT2D eigenvalue weighted by molar-refractivity contribution is 0.102. The molecule has 0 unspecified atom stereocenters. The van der Waals surface area contributed by atoms with Gasteiger partial charge in [0, 0.05) is 24.5 Å². The standard InChI is InChI=1S/C18H20F2N4O/c19-13-7-8-16(15(20)9-13)24-17(25)12-10-21-18(22-11-12)23-14-5-3-1-2-4-6-14/h7-11,14H,1-6H2,(H,24,25)(H,21,22,23). The molecule has 1 aliphatic carbocycles. The van der Waals surface area contributed by atoms with Gasteiger partial charge in [-0.1, -0.05) is 25.7 Å². The van der Waals surface area contributed by atoms with Crippen molar-refractivity contribution in [2.45, 2.75) is 44.6 Å². The van der Waals surface area contributed by atoms with Crippen LogP contribution in [0.2, 0.25) is 0 Å². The maximum absolute atomic E-state index is 13.6. The first-order valence-electron chi connectivity index (χ1n) is 8.47. The van der Waals surface area contributed by atoms with E-state index in [1.165, 1.54) is 44.1 Å². The number of nitrogens with one attached hydrogen (secondary N) is 2. The average molecular weight is 346 g/mol. The van der Waals surface area contributed by atoms with Crippen molar-refractivity contribution in [2.24, 2.45) is 0 Å².